The van der Waals surface area contributed by atoms with Gasteiger partial charge in [-0.15, -0.1) is 0 Å². The van der Waals surface area contributed by atoms with Gasteiger partial charge in [0.2, 0.25) is 11.7 Å². The highest BCUT2D eigenvalue weighted by Crippen LogP contribution is 2.40. The molecule has 152 valence electrons. The summed E-state index contributed by atoms with van der Waals surface area (Å²) < 4.78 is 21.2. The first-order chi connectivity index (χ1) is 14.0. The molecular formula is C20H22N4O5. The largest absolute Gasteiger partial charge is 0.493 e. The number of amides is 1. The summed E-state index contributed by atoms with van der Waals surface area (Å²) in [5.41, 5.74) is 1.34. The second-order valence-corrected chi connectivity index (χ2v) is 6.02. The van der Waals surface area contributed by atoms with Crippen LogP contribution in [0.3, 0.4) is 0 Å². The van der Waals surface area contributed by atoms with Gasteiger partial charge in [-0.1, -0.05) is 0 Å². The number of anilines is 2. The molecule has 0 saturated heterocycles. The van der Waals surface area contributed by atoms with Gasteiger partial charge in [0, 0.05) is 23.5 Å². The number of benzene rings is 1. The predicted octanol–water partition coefficient (Wildman–Crippen LogP) is 3.27. The van der Waals surface area contributed by atoms with Crippen molar-refractivity contribution in [3.05, 3.63) is 53.7 Å². The van der Waals surface area contributed by atoms with Gasteiger partial charge in [0.25, 0.3) is 5.91 Å². The first-order valence-corrected chi connectivity index (χ1v) is 8.77. The molecule has 1 amide bonds. The van der Waals surface area contributed by atoms with Crippen LogP contribution in [-0.4, -0.2) is 37.2 Å². The summed E-state index contributed by atoms with van der Waals surface area (Å²) >= 11 is 0. The maximum atomic E-state index is 12.7. The van der Waals surface area contributed by atoms with Crippen LogP contribution in [0.1, 0.15) is 21.9 Å². The van der Waals surface area contributed by atoms with Gasteiger partial charge in [0.05, 0.1) is 34.1 Å². The van der Waals surface area contributed by atoms with Crippen LogP contribution in [-0.2, 0) is 6.54 Å². The number of methoxy groups -OCH3 is 3. The van der Waals surface area contributed by atoms with Gasteiger partial charge in [-0.3, -0.25) is 4.79 Å². The molecule has 3 rings (SSSR count). The fourth-order valence-corrected chi connectivity index (χ4v) is 2.69. The van der Waals surface area contributed by atoms with Gasteiger partial charge < -0.3 is 29.3 Å². The van der Waals surface area contributed by atoms with E-state index in [-0.39, 0.29) is 5.69 Å². The Hall–Kier alpha value is -3.75. The average Bonchev–Trinajstić information content (AvgIpc) is 3.24. The Bertz CT molecular complexity index is 964. The van der Waals surface area contributed by atoms with E-state index >= 15 is 0 Å². The number of aromatic nitrogens is 2. The van der Waals surface area contributed by atoms with Crippen LogP contribution in [0.25, 0.3) is 0 Å². The first kappa shape index (κ1) is 20.0. The summed E-state index contributed by atoms with van der Waals surface area (Å²) in [4.78, 5) is 21.3. The van der Waals surface area contributed by atoms with E-state index in [1.807, 2.05) is 6.07 Å². The van der Waals surface area contributed by atoms with Crippen molar-refractivity contribution in [2.75, 3.05) is 32.0 Å². The molecule has 9 heteroatoms. The number of hydrogen-bond acceptors (Lipinski definition) is 8. The monoisotopic (exact) mass is 398 g/mol. The van der Waals surface area contributed by atoms with E-state index in [9.17, 15) is 4.79 Å². The van der Waals surface area contributed by atoms with Crippen LogP contribution >= 0.6 is 0 Å². The zero-order chi connectivity index (χ0) is 20.8. The van der Waals surface area contributed by atoms with Crippen LogP contribution < -0.4 is 24.8 Å². The number of nitrogens with zero attached hydrogens (tertiary/aromatic N) is 2. The highest BCUT2D eigenvalue weighted by atomic mass is 16.5. The number of hydrogen-bond donors (Lipinski definition) is 2. The number of furan rings is 1. The minimum absolute atomic E-state index is 0.216. The average molecular weight is 398 g/mol. The first-order valence-electron chi connectivity index (χ1n) is 8.77. The summed E-state index contributed by atoms with van der Waals surface area (Å²) in [6, 6.07) is 8.52. The van der Waals surface area contributed by atoms with Crippen molar-refractivity contribution in [2.24, 2.45) is 0 Å². The van der Waals surface area contributed by atoms with E-state index < -0.39 is 5.91 Å². The van der Waals surface area contributed by atoms with E-state index in [0.29, 0.717) is 41.1 Å². The number of carbonyl (C=O) groups excluding carboxylic acids is 1. The highest BCUT2D eigenvalue weighted by Gasteiger charge is 2.16. The van der Waals surface area contributed by atoms with Crippen molar-refractivity contribution in [3.63, 3.8) is 0 Å². The fourth-order valence-electron chi connectivity index (χ4n) is 2.69. The molecule has 0 spiro atoms. The fraction of sp³-hybridized carbons (Fsp3) is 0.250. The van der Waals surface area contributed by atoms with Gasteiger partial charge in [-0.25, -0.2) is 9.97 Å². The lowest BCUT2D eigenvalue weighted by Crippen LogP contribution is -2.16. The second-order valence-electron chi connectivity index (χ2n) is 6.02. The molecule has 2 aromatic heterocycles. The lowest BCUT2D eigenvalue weighted by molar-refractivity contribution is 0.102. The molecule has 0 aliphatic rings. The van der Waals surface area contributed by atoms with Gasteiger partial charge in [0.15, 0.2) is 11.5 Å². The van der Waals surface area contributed by atoms with E-state index in [2.05, 4.69) is 20.6 Å². The molecule has 1 aromatic carbocycles. The molecule has 0 saturated carbocycles. The van der Waals surface area contributed by atoms with E-state index in [0.717, 1.165) is 5.76 Å². The lowest BCUT2D eigenvalue weighted by atomic mass is 10.2. The molecular weight excluding hydrogens is 376 g/mol. The van der Waals surface area contributed by atoms with Crippen LogP contribution in [0, 0.1) is 6.92 Å². The van der Waals surface area contributed by atoms with Gasteiger partial charge >= 0.3 is 0 Å². The van der Waals surface area contributed by atoms with Gasteiger partial charge in [-0.05, 0) is 25.1 Å². The molecule has 0 unspecified atom stereocenters. The standard InChI is InChI=1S/C20H22N4O5/c1-12-8-15(24-20(22-12)21-11-14-6-5-7-29-14)19(25)23-13-9-16(26-2)18(28-4)17(10-13)27-3/h5-10H,11H2,1-4H3,(H,23,25)(H,21,22,24). The van der Waals surface area contributed by atoms with Crippen LogP contribution in [0.5, 0.6) is 17.2 Å². The molecule has 0 radical (unpaired) electrons. The number of ether oxygens (including phenoxy) is 3. The summed E-state index contributed by atoms with van der Waals surface area (Å²) in [6.07, 6.45) is 1.59. The number of rotatable bonds is 8. The SMILES string of the molecule is COc1cc(NC(=O)c2cc(C)nc(NCc3ccco3)n2)cc(OC)c1OC. The molecule has 2 N–H and O–H groups in total. The van der Waals surface area contributed by atoms with Crippen molar-refractivity contribution >= 4 is 17.5 Å². The third kappa shape index (κ3) is 4.75. The molecule has 2 heterocycles. The van der Waals surface area contributed by atoms with Crippen molar-refractivity contribution in [1.29, 1.82) is 0 Å². The Kier molecular flexibility index (Phi) is 6.18. The van der Waals surface area contributed by atoms with E-state index in [4.69, 9.17) is 18.6 Å². The highest BCUT2D eigenvalue weighted by molar-refractivity contribution is 6.03. The van der Waals surface area contributed by atoms with Crippen molar-refractivity contribution in [3.8, 4) is 17.2 Å². The molecule has 9 nitrogen and oxygen atoms in total. The zero-order valence-electron chi connectivity index (χ0n) is 16.6. The number of carbonyl (C=O) groups is 1. The normalized spacial score (nSPS) is 10.3. The Morgan fingerprint density at radius 2 is 1.79 bits per heavy atom. The molecule has 0 bridgehead atoms. The van der Waals surface area contributed by atoms with Crippen LogP contribution in [0.2, 0.25) is 0 Å². The zero-order valence-corrected chi connectivity index (χ0v) is 16.6. The summed E-state index contributed by atoms with van der Waals surface area (Å²) in [5, 5.41) is 5.84. The second kappa shape index (κ2) is 8.96. The maximum absolute atomic E-state index is 12.7. The minimum Gasteiger partial charge on any atom is -0.493 e. The Morgan fingerprint density at radius 1 is 1.07 bits per heavy atom. The molecule has 0 aliphatic heterocycles. The smallest absolute Gasteiger partial charge is 0.274 e. The van der Waals surface area contributed by atoms with Crippen molar-refractivity contribution in [1.82, 2.24) is 9.97 Å². The van der Waals surface area contributed by atoms with E-state index in [1.54, 1.807) is 37.5 Å². The molecule has 0 atom stereocenters. The topological polar surface area (TPSA) is 108 Å². The Labute approximate surface area is 168 Å². The third-order valence-corrected chi connectivity index (χ3v) is 4.01. The predicted molar refractivity (Wildman–Crippen MR) is 107 cm³/mol. The Morgan fingerprint density at radius 3 is 2.38 bits per heavy atom. The number of aryl methyl sites for hydroxylation is 1. The van der Waals surface area contributed by atoms with Crippen molar-refractivity contribution < 1.29 is 23.4 Å². The summed E-state index contributed by atoms with van der Waals surface area (Å²) in [6.45, 7) is 2.19. The number of nitrogens with one attached hydrogen (secondary N) is 2. The van der Waals surface area contributed by atoms with Crippen LogP contribution in [0.4, 0.5) is 11.6 Å². The van der Waals surface area contributed by atoms with Crippen LogP contribution in [0.15, 0.2) is 41.0 Å². The maximum Gasteiger partial charge on any atom is 0.274 e. The minimum atomic E-state index is -0.397. The Balaban J connectivity index is 1.80. The molecule has 3 aromatic rings. The van der Waals surface area contributed by atoms with Crippen molar-refractivity contribution in [2.45, 2.75) is 13.5 Å². The van der Waals surface area contributed by atoms with Gasteiger partial charge in [0.1, 0.15) is 11.5 Å². The quantitative estimate of drug-likeness (QED) is 0.595. The summed E-state index contributed by atoms with van der Waals surface area (Å²) in [7, 11) is 4.53. The lowest BCUT2D eigenvalue weighted by Gasteiger charge is -2.14. The molecule has 0 fully saturated rings. The van der Waals surface area contributed by atoms with Gasteiger partial charge in [-0.2, -0.15) is 0 Å². The molecule has 29 heavy (non-hydrogen) atoms. The third-order valence-electron chi connectivity index (χ3n) is 4.01. The molecule has 0 aliphatic carbocycles. The summed E-state index contributed by atoms with van der Waals surface area (Å²) in [5.74, 6) is 1.97. The van der Waals surface area contributed by atoms with E-state index in [1.165, 1.54) is 21.3 Å².